The number of halogens is 1. The Morgan fingerprint density at radius 2 is 2.25 bits per heavy atom. The number of piperidine rings is 1. The molecular weight excluding hydrogens is 296 g/mol. The van der Waals surface area contributed by atoms with Gasteiger partial charge in [-0.3, -0.25) is 4.79 Å². The Morgan fingerprint density at radius 1 is 1.50 bits per heavy atom. The van der Waals surface area contributed by atoms with Gasteiger partial charge in [0.2, 0.25) is 5.91 Å². The molecule has 1 amide bonds. The second-order valence-electron chi connectivity index (χ2n) is 4.65. The van der Waals surface area contributed by atoms with Crippen molar-refractivity contribution in [3.05, 3.63) is 23.2 Å². The molecule has 0 spiro atoms. The van der Waals surface area contributed by atoms with Crippen LogP contribution >= 0.6 is 23.4 Å². The van der Waals surface area contributed by atoms with E-state index < -0.39 is 0 Å². The highest BCUT2D eigenvalue weighted by Gasteiger charge is 2.15. The normalized spacial score (nSPS) is 15.9. The summed E-state index contributed by atoms with van der Waals surface area (Å²) >= 11 is 7.65. The number of anilines is 1. The summed E-state index contributed by atoms with van der Waals surface area (Å²) in [5.41, 5.74) is 0.621. The summed E-state index contributed by atoms with van der Waals surface area (Å²) in [4.78, 5) is 12.0. The van der Waals surface area contributed by atoms with E-state index >= 15 is 0 Å². The number of thioether (sulfide) groups is 1. The lowest BCUT2D eigenvalue weighted by atomic mass is 10.2. The van der Waals surface area contributed by atoms with Crippen LogP contribution in [0.2, 0.25) is 5.02 Å². The molecule has 4 nitrogen and oxygen atoms in total. The lowest BCUT2D eigenvalue weighted by Crippen LogP contribution is -2.30. The molecule has 1 aromatic carbocycles. The Kier molecular flexibility index (Phi) is 6.01. The molecule has 0 atom stereocenters. The molecule has 1 fully saturated rings. The Labute approximate surface area is 128 Å². The number of ether oxygens (including phenoxy) is 1. The van der Waals surface area contributed by atoms with E-state index in [1.54, 1.807) is 37.1 Å². The number of benzene rings is 1. The first-order valence-corrected chi connectivity index (χ1v) is 8.07. The monoisotopic (exact) mass is 314 g/mol. The minimum absolute atomic E-state index is 0.0194. The van der Waals surface area contributed by atoms with Gasteiger partial charge in [-0.15, -0.1) is 11.8 Å². The minimum Gasteiger partial charge on any atom is -0.495 e. The molecule has 0 bridgehead atoms. The molecule has 0 unspecified atom stereocenters. The zero-order chi connectivity index (χ0) is 14.4. The summed E-state index contributed by atoms with van der Waals surface area (Å²) < 4.78 is 5.21. The first kappa shape index (κ1) is 15.5. The van der Waals surface area contributed by atoms with E-state index in [1.807, 2.05) is 0 Å². The molecule has 1 saturated heterocycles. The Morgan fingerprint density at radius 3 is 2.95 bits per heavy atom. The highest BCUT2D eigenvalue weighted by atomic mass is 35.5. The summed E-state index contributed by atoms with van der Waals surface area (Å²) in [7, 11) is 1.57. The van der Waals surface area contributed by atoms with Crippen molar-refractivity contribution in [2.24, 2.45) is 0 Å². The average molecular weight is 315 g/mol. The van der Waals surface area contributed by atoms with Crippen LogP contribution in [0, 0.1) is 0 Å². The number of hydrogen-bond acceptors (Lipinski definition) is 4. The first-order valence-electron chi connectivity index (χ1n) is 6.65. The summed E-state index contributed by atoms with van der Waals surface area (Å²) in [5, 5.41) is 7.32. The van der Waals surface area contributed by atoms with Gasteiger partial charge in [0.25, 0.3) is 0 Å². The molecule has 1 aliphatic heterocycles. The predicted molar refractivity (Wildman–Crippen MR) is 85.0 cm³/mol. The third-order valence-corrected chi connectivity index (χ3v) is 4.78. The van der Waals surface area contributed by atoms with Crippen molar-refractivity contribution < 1.29 is 9.53 Å². The van der Waals surface area contributed by atoms with Crippen molar-refractivity contribution in [2.45, 2.75) is 18.1 Å². The second-order valence-corrected chi connectivity index (χ2v) is 6.38. The fourth-order valence-electron chi connectivity index (χ4n) is 2.12. The SMILES string of the molecule is COc1ccc(Cl)cc1NC(=O)CSC1CCNCC1. The number of carbonyl (C=O) groups excluding carboxylic acids is 1. The van der Waals surface area contributed by atoms with Crippen LogP contribution in [-0.2, 0) is 4.79 Å². The zero-order valence-electron chi connectivity index (χ0n) is 11.4. The number of carbonyl (C=O) groups is 1. The van der Waals surface area contributed by atoms with Crippen LogP contribution in [0.15, 0.2) is 18.2 Å². The van der Waals surface area contributed by atoms with Gasteiger partial charge in [0.15, 0.2) is 0 Å². The van der Waals surface area contributed by atoms with Crippen molar-refractivity contribution >= 4 is 35.0 Å². The van der Waals surface area contributed by atoms with Gasteiger partial charge in [-0.1, -0.05) is 11.6 Å². The number of methoxy groups -OCH3 is 1. The Balaban J connectivity index is 1.86. The first-order chi connectivity index (χ1) is 9.69. The fraction of sp³-hybridized carbons (Fsp3) is 0.500. The lowest BCUT2D eigenvalue weighted by Gasteiger charge is -2.21. The molecular formula is C14H19ClN2O2S. The van der Waals surface area contributed by atoms with Gasteiger partial charge in [0.05, 0.1) is 18.6 Å². The van der Waals surface area contributed by atoms with E-state index in [1.165, 1.54) is 0 Å². The summed E-state index contributed by atoms with van der Waals surface area (Å²) in [6.07, 6.45) is 2.25. The summed E-state index contributed by atoms with van der Waals surface area (Å²) in [5.74, 6) is 1.06. The number of amides is 1. The zero-order valence-corrected chi connectivity index (χ0v) is 13.0. The molecule has 20 heavy (non-hydrogen) atoms. The molecule has 0 aromatic heterocycles. The third-order valence-electron chi connectivity index (χ3n) is 3.17. The molecule has 1 aliphatic rings. The standard InChI is InChI=1S/C14H19ClN2O2S/c1-19-13-3-2-10(15)8-12(13)17-14(18)9-20-11-4-6-16-7-5-11/h2-3,8,11,16H,4-7,9H2,1H3,(H,17,18). The average Bonchev–Trinajstić information content (AvgIpc) is 2.46. The van der Waals surface area contributed by atoms with Gasteiger partial charge in [-0.2, -0.15) is 0 Å². The van der Waals surface area contributed by atoms with Gasteiger partial charge in [0, 0.05) is 10.3 Å². The van der Waals surface area contributed by atoms with Gasteiger partial charge in [-0.25, -0.2) is 0 Å². The molecule has 0 aliphatic carbocycles. The van der Waals surface area contributed by atoms with Crippen molar-refractivity contribution in [3.8, 4) is 5.75 Å². The largest absolute Gasteiger partial charge is 0.495 e. The van der Waals surface area contributed by atoms with E-state index in [4.69, 9.17) is 16.3 Å². The van der Waals surface area contributed by atoms with Gasteiger partial charge in [0.1, 0.15) is 5.75 Å². The Bertz CT molecular complexity index is 464. The number of nitrogens with one attached hydrogen (secondary N) is 2. The van der Waals surface area contributed by atoms with E-state index in [2.05, 4.69) is 10.6 Å². The van der Waals surface area contributed by atoms with Crippen molar-refractivity contribution in [3.63, 3.8) is 0 Å². The molecule has 1 heterocycles. The van der Waals surface area contributed by atoms with Gasteiger partial charge < -0.3 is 15.4 Å². The van der Waals surface area contributed by atoms with Crippen molar-refractivity contribution in [2.75, 3.05) is 31.3 Å². The van der Waals surface area contributed by atoms with E-state index in [0.717, 1.165) is 25.9 Å². The number of rotatable bonds is 5. The molecule has 110 valence electrons. The van der Waals surface area contributed by atoms with Crippen LogP contribution in [0.25, 0.3) is 0 Å². The second kappa shape index (κ2) is 7.76. The van der Waals surface area contributed by atoms with Crippen LogP contribution in [-0.4, -0.2) is 37.1 Å². The fourth-order valence-corrected chi connectivity index (χ4v) is 3.32. The third kappa shape index (κ3) is 4.58. The number of hydrogen-bond donors (Lipinski definition) is 2. The van der Waals surface area contributed by atoms with Crippen molar-refractivity contribution in [1.29, 1.82) is 0 Å². The van der Waals surface area contributed by atoms with Gasteiger partial charge >= 0.3 is 0 Å². The maximum absolute atomic E-state index is 12.0. The van der Waals surface area contributed by atoms with Crippen LogP contribution in [0.5, 0.6) is 5.75 Å². The topological polar surface area (TPSA) is 50.4 Å². The van der Waals surface area contributed by atoms with Crippen molar-refractivity contribution in [1.82, 2.24) is 5.32 Å². The smallest absolute Gasteiger partial charge is 0.234 e. The van der Waals surface area contributed by atoms with Gasteiger partial charge in [-0.05, 0) is 44.1 Å². The maximum atomic E-state index is 12.0. The highest BCUT2D eigenvalue weighted by molar-refractivity contribution is 8.00. The Hall–Kier alpha value is -0.910. The van der Waals surface area contributed by atoms with E-state index in [0.29, 0.717) is 27.5 Å². The summed E-state index contributed by atoms with van der Waals surface area (Å²) in [6.45, 7) is 2.09. The molecule has 0 radical (unpaired) electrons. The van der Waals surface area contributed by atoms with Crippen LogP contribution in [0.3, 0.4) is 0 Å². The summed E-state index contributed by atoms with van der Waals surface area (Å²) in [6, 6.07) is 5.19. The highest BCUT2D eigenvalue weighted by Crippen LogP contribution is 2.28. The van der Waals surface area contributed by atoms with E-state index in [9.17, 15) is 4.79 Å². The van der Waals surface area contributed by atoms with E-state index in [-0.39, 0.29) is 5.91 Å². The molecule has 2 rings (SSSR count). The quantitative estimate of drug-likeness (QED) is 0.877. The lowest BCUT2D eigenvalue weighted by molar-refractivity contribution is -0.113. The molecule has 6 heteroatoms. The molecule has 2 N–H and O–H groups in total. The van der Waals surface area contributed by atoms with Crippen LogP contribution < -0.4 is 15.4 Å². The molecule has 1 aromatic rings. The predicted octanol–water partition coefficient (Wildman–Crippen LogP) is 2.77. The minimum atomic E-state index is -0.0194. The van der Waals surface area contributed by atoms with Crippen LogP contribution in [0.4, 0.5) is 5.69 Å². The molecule has 0 saturated carbocycles. The maximum Gasteiger partial charge on any atom is 0.234 e. The van der Waals surface area contributed by atoms with Crippen LogP contribution in [0.1, 0.15) is 12.8 Å².